The van der Waals surface area contributed by atoms with Gasteiger partial charge in [-0.15, -0.1) is 0 Å². The molecule has 1 heterocycles. The number of carbonyl (C=O) groups is 1. The van der Waals surface area contributed by atoms with E-state index >= 15 is 0 Å². The fourth-order valence-corrected chi connectivity index (χ4v) is 8.09. The highest BCUT2D eigenvalue weighted by Crippen LogP contribution is 2.50. The molecule has 0 aliphatic carbocycles. The summed E-state index contributed by atoms with van der Waals surface area (Å²) in [5.41, 5.74) is 9.91. The maximum absolute atomic E-state index is 13.4. The van der Waals surface area contributed by atoms with Crippen LogP contribution in [0.5, 0.6) is 11.5 Å². The highest BCUT2D eigenvalue weighted by Gasteiger charge is 2.35. The van der Waals surface area contributed by atoms with Crippen molar-refractivity contribution in [3.63, 3.8) is 0 Å². The molecule has 252 valence electrons. The number of unbranched alkanes of at least 4 members (excludes halogenated alkanes) is 1. The number of sulfone groups is 1. The van der Waals surface area contributed by atoms with Gasteiger partial charge in [-0.1, -0.05) is 67.9 Å². The summed E-state index contributed by atoms with van der Waals surface area (Å²) in [5, 5.41) is 0. The Bertz CT molecular complexity index is 2070. The number of carbonyl (C=O) groups excluding carboxylic acids is 1. The largest absolute Gasteiger partial charge is 0.465 e. The standard InChI is InChI=1S/C41H43N2O5S/c1-5-8-15-29-22-25-38-37(26-29)40(34-20-12-13-21-35(34)41(44)47-4)36-24-23-31(28-39(36)48-38)43(6-2,7-3)42-30-16-14-19-33(27-30)49(45,46)32-17-10-9-11-18-32/h9-14,16-28,40,42H,5-8,15H2,1-4H3/q+1. The van der Waals surface area contributed by atoms with E-state index in [4.69, 9.17) is 9.47 Å². The van der Waals surface area contributed by atoms with Crippen LogP contribution in [0.1, 0.15) is 72.1 Å². The monoisotopic (exact) mass is 675 g/mol. The summed E-state index contributed by atoms with van der Waals surface area (Å²) < 4.78 is 39.1. The first-order valence-electron chi connectivity index (χ1n) is 16.9. The van der Waals surface area contributed by atoms with E-state index in [0.717, 1.165) is 47.4 Å². The molecule has 0 saturated heterocycles. The van der Waals surface area contributed by atoms with E-state index in [9.17, 15) is 13.2 Å². The number of aryl methyl sites for hydroxylation is 1. The van der Waals surface area contributed by atoms with Crippen molar-refractivity contribution in [2.75, 3.05) is 25.6 Å². The Labute approximate surface area is 289 Å². The van der Waals surface area contributed by atoms with Crippen molar-refractivity contribution < 1.29 is 22.7 Å². The van der Waals surface area contributed by atoms with Gasteiger partial charge in [0, 0.05) is 29.2 Å². The SMILES string of the molecule is CCCCc1ccc2c(c1)C(c1ccccc1C(=O)OC)c1ccc([N+](CC)(CC)Nc3cccc(S(=O)(=O)c4ccccc4)c3)cc1O2. The number of nitrogens with zero attached hydrogens (tertiary/aromatic N) is 1. The van der Waals surface area contributed by atoms with Gasteiger partial charge in [0.15, 0.2) is 5.69 Å². The maximum Gasteiger partial charge on any atom is 0.338 e. The Morgan fingerprint density at radius 1 is 0.755 bits per heavy atom. The van der Waals surface area contributed by atoms with Gasteiger partial charge in [0.25, 0.3) is 0 Å². The first-order valence-corrected chi connectivity index (χ1v) is 18.4. The van der Waals surface area contributed by atoms with Crippen LogP contribution in [-0.2, 0) is 21.0 Å². The van der Waals surface area contributed by atoms with Crippen molar-refractivity contribution in [1.82, 2.24) is 4.59 Å². The molecule has 0 fully saturated rings. The van der Waals surface area contributed by atoms with Gasteiger partial charge in [-0.3, -0.25) is 0 Å². The van der Waals surface area contributed by atoms with Gasteiger partial charge in [-0.05, 0) is 86.3 Å². The molecule has 1 aliphatic rings. The minimum Gasteiger partial charge on any atom is -0.465 e. The van der Waals surface area contributed by atoms with Crippen LogP contribution >= 0.6 is 0 Å². The fraction of sp³-hybridized carbons (Fsp3) is 0.244. The molecule has 0 spiro atoms. The lowest BCUT2D eigenvalue weighted by Gasteiger charge is -2.37. The molecule has 0 saturated carbocycles. The number of quaternary nitrogens is 1. The number of rotatable bonds is 12. The Morgan fingerprint density at radius 2 is 1.49 bits per heavy atom. The van der Waals surface area contributed by atoms with Crippen LogP contribution in [0.25, 0.3) is 0 Å². The zero-order valence-electron chi connectivity index (χ0n) is 28.5. The third-order valence-electron chi connectivity index (χ3n) is 9.52. The van der Waals surface area contributed by atoms with E-state index in [0.29, 0.717) is 34.7 Å². The minimum atomic E-state index is -3.69. The number of nitrogens with one attached hydrogen (secondary N) is 1. The first kappa shape index (κ1) is 34.0. The smallest absolute Gasteiger partial charge is 0.338 e. The molecular formula is C41H43N2O5S+. The maximum atomic E-state index is 13.4. The predicted molar refractivity (Wildman–Crippen MR) is 195 cm³/mol. The molecule has 0 amide bonds. The molecule has 5 aromatic rings. The van der Waals surface area contributed by atoms with Gasteiger partial charge in [0.2, 0.25) is 9.84 Å². The van der Waals surface area contributed by atoms with Crippen LogP contribution in [0.15, 0.2) is 125 Å². The Balaban J connectivity index is 1.43. The normalized spacial score (nSPS) is 13.9. The van der Waals surface area contributed by atoms with E-state index < -0.39 is 9.84 Å². The number of anilines is 1. The van der Waals surface area contributed by atoms with Crippen LogP contribution in [0.3, 0.4) is 0 Å². The van der Waals surface area contributed by atoms with Crippen molar-refractivity contribution in [2.45, 2.75) is 55.7 Å². The fourth-order valence-electron chi connectivity index (χ4n) is 6.76. The van der Waals surface area contributed by atoms with Crippen molar-refractivity contribution in [3.05, 3.63) is 143 Å². The molecule has 1 N–H and O–H groups in total. The molecule has 6 rings (SSSR count). The van der Waals surface area contributed by atoms with E-state index in [2.05, 4.69) is 56.5 Å². The number of fused-ring (bicyclic) bond motifs is 2. The minimum absolute atomic E-state index is 0.227. The number of esters is 1. The second-order valence-electron chi connectivity index (χ2n) is 12.4. The van der Waals surface area contributed by atoms with E-state index in [1.54, 1.807) is 48.5 Å². The molecule has 7 nitrogen and oxygen atoms in total. The number of ether oxygens (including phenoxy) is 2. The summed E-state index contributed by atoms with van der Waals surface area (Å²) in [6.45, 7) is 7.75. The van der Waals surface area contributed by atoms with Gasteiger partial charge in [-0.25, -0.2) is 18.6 Å². The summed E-state index contributed by atoms with van der Waals surface area (Å²) >= 11 is 0. The second kappa shape index (κ2) is 14.3. The highest BCUT2D eigenvalue weighted by molar-refractivity contribution is 7.91. The third-order valence-corrected chi connectivity index (χ3v) is 11.3. The summed E-state index contributed by atoms with van der Waals surface area (Å²) in [6, 6.07) is 35.8. The Hall–Kier alpha value is -4.92. The Kier molecular flexibility index (Phi) is 9.90. The summed E-state index contributed by atoms with van der Waals surface area (Å²) in [6.07, 6.45) is 3.16. The number of hydrogen-bond acceptors (Lipinski definition) is 6. The highest BCUT2D eigenvalue weighted by atomic mass is 32.2. The zero-order valence-corrected chi connectivity index (χ0v) is 29.3. The van der Waals surface area contributed by atoms with Crippen molar-refractivity contribution in [2.24, 2.45) is 0 Å². The molecule has 1 atom stereocenters. The van der Waals surface area contributed by atoms with Gasteiger partial charge in [0.1, 0.15) is 24.6 Å². The Morgan fingerprint density at radius 3 is 2.22 bits per heavy atom. The molecule has 8 heteroatoms. The van der Waals surface area contributed by atoms with Gasteiger partial charge < -0.3 is 9.47 Å². The van der Waals surface area contributed by atoms with Crippen LogP contribution in [-0.4, -0.2) is 34.6 Å². The molecule has 0 radical (unpaired) electrons. The van der Waals surface area contributed by atoms with Crippen molar-refractivity contribution >= 4 is 27.2 Å². The van der Waals surface area contributed by atoms with Crippen LogP contribution in [0.4, 0.5) is 11.4 Å². The number of methoxy groups -OCH3 is 1. The molecule has 0 bridgehead atoms. The lowest BCUT2D eigenvalue weighted by atomic mass is 9.79. The average molecular weight is 676 g/mol. The van der Waals surface area contributed by atoms with Gasteiger partial charge in [0.05, 0.1) is 28.2 Å². The molecule has 1 unspecified atom stereocenters. The lowest BCUT2D eigenvalue weighted by molar-refractivity contribution is 0.0599. The van der Waals surface area contributed by atoms with Crippen LogP contribution in [0.2, 0.25) is 0 Å². The topological polar surface area (TPSA) is 81.7 Å². The second-order valence-corrected chi connectivity index (χ2v) is 14.3. The third kappa shape index (κ3) is 6.58. The van der Waals surface area contributed by atoms with Gasteiger partial charge in [-0.2, -0.15) is 4.59 Å². The van der Waals surface area contributed by atoms with Crippen molar-refractivity contribution in [1.29, 1.82) is 0 Å². The summed E-state index contributed by atoms with van der Waals surface area (Å²) in [7, 11) is -2.28. The number of benzene rings is 5. The van der Waals surface area contributed by atoms with Gasteiger partial charge >= 0.3 is 5.97 Å². The first-order chi connectivity index (χ1) is 23.7. The molecular weight excluding hydrogens is 633 g/mol. The lowest BCUT2D eigenvalue weighted by Crippen LogP contribution is -2.53. The molecule has 5 aromatic carbocycles. The molecule has 1 aliphatic heterocycles. The molecule has 0 aromatic heterocycles. The van der Waals surface area contributed by atoms with Crippen LogP contribution in [0, 0.1) is 0 Å². The molecule has 49 heavy (non-hydrogen) atoms. The average Bonchev–Trinajstić information content (AvgIpc) is 3.15. The van der Waals surface area contributed by atoms with Crippen LogP contribution < -0.4 is 14.8 Å². The van der Waals surface area contributed by atoms with E-state index in [1.807, 2.05) is 36.4 Å². The summed E-state index contributed by atoms with van der Waals surface area (Å²) in [4.78, 5) is 13.5. The van der Waals surface area contributed by atoms with E-state index in [-0.39, 0.29) is 21.7 Å². The van der Waals surface area contributed by atoms with E-state index in [1.165, 1.54) is 12.7 Å². The zero-order chi connectivity index (χ0) is 34.6. The van der Waals surface area contributed by atoms with Crippen molar-refractivity contribution in [3.8, 4) is 11.5 Å². The predicted octanol–water partition coefficient (Wildman–Crippen LogP) is 9.31. The number of hydrogen-bond donors (Lipinski definition) is 1. The quantitative estimate of drug-likeness (QED) is 0.0791. The summed E-state index contributed by atoms with van der Waals surface area (Å²) in [5.74, 6) is 0.843.